The summed E-state index contributed by atoms with van der Waals surface area (Å²) in [5, 5.41) is -11.7. The minimum atomic E-state index is -6.29. The largest absolute Gasteiger partial charge is 0.207 e. The molecule has 0 fully saturated rings. The zero-order valence-corrected chi connectivity index (χ0v) is 43.2. The predicted molar refractivity (Wildman–Crippen MR) is 280 cm³/mol. The van der Waals surface area contributed by atoms with Crippen LogP contribution in [0.4, 0.5) is 87.8 Å². The van der Waals surface area contributed by atoms with Crippen LogP contribution in [-0.4, -0.2) is 6.15 Å². The van der Waals surface area contributed by atoms with Gasteiger partial charge in [0.05, 0.1) is 29.5 Å². The molecule has 0 aliphatic rings. The highest BCUT2D eigenvalue weighted by Gasteiger charge is 2.49. The number of rotatable bonds is 7. The van der Waals surface area contributed by atoms with Gasteiger partial charge >= 0.3 is 0 Å². The summed E-state index contributed by atoms with van der Waals surface area (Å²) in [4.78, 5) is 0. The van der Waals surface area contributed by atoms with Crippen molar-refractivity contribution in [3.63, 3.8) is 0 Å². The first kappa shape index (κ1) is 57.8. The highest BCUT2D eigenvalue weighted by Crippen LogP contribution is 2.40. The van der Waals surface area contributed by atoms with Gasteiger partial charge in [-0.25, -0.2) is 87.8 Å². The first-order valence-corrected chi connectivity index (χ1v) is 25.8. The van der Waals surface area contributed by atoms with Gasteiger partial charge in [-0.05, 0) is 101 Å². The van der Waals surface area contributed by atoms with E-state index < -0.39 is 195 Å². The number of halogens is 20. The number of benzene rings is 11. The number of hydrogen-bond donors (Lipinski definition) is 0. The van der Waals surface area contributed by atoms with E-state index in [1.807, 2.05) is 0 Å². The van der Waals surface area contributed by atoms with Crippen molar-refractivity contribution in [1.82, 2.24) is 0 Å². The van der Waals surface area contributed by atoms with E-state index in [0.29, 0.717) is 0 Å². The van der Waals surface area contributed by atoms with Gasteiger partial charge in [-0.2, -0.15) is 0 Å². The quantitative estimate of drug-likeness (QED) is 0.0646. The normalized spacial score (nSPS) is 11.9. The molecule has 0 nitrogen and oxygen atoms in total. The summed E-state index contributed by atoms with van der Waals surface area (Å²) < 4.78 is 318. The second-order valence-electron chi connectivity index (χ2n) is 19.2. The maximum Gasteiger partial charge on any atom is 0.191 e. The molecular formula is C61H30BF20P. The third kappa shape index (κ3) is 8.66. The molecule has 422 valence electrons. The molecular weight excluding hydrogens is 1150 g/mol. The van der Waals surface area contributed by atoms with Crippen LogP contribution in [-0.2, 0) is 0 Å². The number of aryl methyl sites for hydroxylation is 3. The van der Waals surface area contributed by atoms with Crippen LogP contribution >= 0.6 is 7.92 Å². The minimum absolute atomic E-state index is 0.0220. The average molecular weight is 1180 g/mol. The van der Waals surface area contributed by atoms with E-state index in [-0.39, 0.29) is 48.5 Å². The van der Waals surface area contributed by atoms with Crippen LogP contribution in [0.2, 0.25) is 0 Å². The molecule has 0 aromatic heterocycles. The molecule has 83 heavy (non-hydrogen) atoms. The molecule has 0 atom stereocenters. The lowest BCUT2D eigenvalue weighted by atomic mass is 9.11. The molecule has 11 aromatic carbocycles. The molecule has 22 heteroatoms. The molecule has 0 amide bonds. The lowest BCUT2D eigenvalue weighted by molar-refractivity contribution is 0.448. The summed E-state index contributed by atoms with van der Waals surface area (Å²) in [5.74, 6) is -54.8. The maximum absolute atomic E-state index is 17.3. The van der Waals surface area contributed by atoms with Gasteiger partial charge < -0.3 is 0 Å². The van der Waals surface area contributed by atoms with Gasteiger partial charge in [-0.15, -0.1) is 21.9 Å². The molecule has 0 aliphatic carbocycles. The van der Waals surface area contributed by atoms with Crippen molar-refractivity contribution in [3.05, 3.63) is 254 Å². The Kier molecular flexibility index (Phi) is 14.9. The topological polar surface area (TPSA) is 0 Å². The minimum Gasteiger partial charge on any atom is -0.207 e. The van der Waals surface area contributed by atoms with Gasteiger partial charge in [0.1, 0.15) is 45.3 Å². The fraction of sp³-hybridized carbons (Fsp3) is 0.0492. The van der Waals surface area contributed by atoms with Gasteiger partial charge in [0.15, 0.2) is 93.1 Å². The van der Waals surface area contributed by atoms with E-state index in [4.69, 9.17) is 0 Å². The van der Waals surface area contributed by atoms with Crippen LogP contribution in [0.1, 0.15) is 16.7 Å². The number of fused-ring (bicyclic) bond motifs is 4. The van der Waals surface area contributed by atoms with E-state index in [2.05, 4.69) is 93.6 Å². The Balaban J connectivity index is 0.000000291. The summed E-state index contributed by atoms with van der Waals surface area (Å²) in [7, 11) is -0.968. The van der Waals surface area contributed by atoms with Crippen LogP contribution in [0.3, 0.4) is 0 Å². The molecule has 0 bridgehead atoms. The van der Waals surface area contributed by atoms with Gasteiger partial charge in [-0.3, -0.25) is 0 Å². The molecule has 0 unspecified atom stereocenters. The smallest absolute Gasteiger partial charge is 0.191 e. The first-order valence-electron chi connectivity index (χ1n) is 24.3. The molecule has 11 rings (SSSR count). The third-order valence-electron chi connectivity index (χ3n) is 14.9. The zero-order valence-electron chi connectivity index (χ0n) is 42.2. The second-order valence-corrected chi connectivity index (χ2v) is 21.6. The fourth-order valence-corrected chi connectivity index (χ4v) is 14.4. The highest BCUT2D eigenvalue weighted by atomic mass is 31.1. The lowest BCUT2D eigenvalue weighted by Crippen LogP contribution is -2.78. The van der Waals surface area contributed by atoms with Gasteiger partial charge in [0.2, 0.25) is 0 Å². The van der Waals surface area contributed by atoms with E-state index in [0.717, 1.165) is 0 Å². The van der Waals surface area contributed by atoms with Gasteiger partial charge in [-0.1, -0.05) is 78.9 Å². The zero-order chi connectivity index (χ0) is 60.2. The summed E-state index contributed by atoms with van der Waals surface area (Å²) in [6.07, 6.45) is -6.29. The molecule has 0 radical (unpaired) electrons. The monoisotopic (exact) mass is 1180 g/mol. The maximum atomic E-state index is 17.3. The van der Waals surface area contributed by atoms with Crippen molar-refractivity contribution in [2.75, 3.05) is 0 Å². The van der Waals surface area contributed by atoms with Crippen LogP contribution in [0, 0.1) is 137 Å². The number of hydrogen-bond acceptors (Lipinski definition) is 0. The molecule has 11 aromatic rings. The van der Waals surface area contributed by atoms with Crippen molar-refractivity contribution in [1.29, 1.82) is 0 Å². The molecule has 0 heterocycles. The van der Waals surface area contributed by atoms with Crippen molar-refractivity contribution < 1.29 is 87.8 Å². The van der Waals surface area contributed by atoms with E-state index >= 15 is 70.2 Å². The molecule has 0 saturated carbocycles. The Morgan fingerprint density at radius 2 is 0.434 bits per heavy atom. The Morgan fingerprint density at radius 1 is 0.229 bits per heavy atom. The molecule has 0 aliphatic heterocycles. The van der Waals surface area contributed by atoms with Crippen molar-refractivity contribution in [2.24, 2.45) is 0 Å². The molecule has 0 N–H and O–H groups in total. The average Bonchev–Trinajstić information content (AvgIpc) is 0.853. The van der Waals surface area contributed by atoms with Crippen molar-refractivity contribution in [3.8, 4) is 0 Å². The van der Waals surface area contributed by atoms with Crippen molar-refractivity contribution in [2.45, 2.75) is 20.8 Å². The van der Waals surface area contributed by atoms with Gasteiger partial charge in [0, 0.05) is 0 Å². The fourth-order valence-electron chi connectivity index (χ4n) is 11.3. The summed E-state index contributed by atoms with van der Waals surface area (Å²) in [5.41, 5.74) is -5.56. The Bertz CT molecular complexity index is 4030. The van der Waals surface area contributed by atoms with Gasteiger partial charge in [0.25, 0.3) is 0 Å². The van der Waals surface area contributed by atoms with Crippen molar-refractivity contribution >= 4 is 94.9 Å². The summed E-state index contributed by atoms with van der Waals surface area (Å²) in [6, 6.07) is 26.0. The third-order valence-corrected chi connectivity index (χ3v) is 18.2. The second kappa shape index (κ2) is 21.4. The van der Waals surface area contributed by atoms with Crippen LogP contribution < -0.4 is 37.8 Å². The van der Waals surface area contributed by atoms with E-state index in [1.165, 1.54) is 32.6 Å². The molecule has 0 spiro atoms. The predicted octanol–water partition coefficient (Wildman–Crippen LogP) is 14.6. The standard InChI is InChI=1S/C40H8BF20.C21H21P/c42-13-5-1-9-17(25(13)46)29(50)37(58)33(54)21(9)41(22-10-2-6-14(43)26(47)18(10)30(51)38(59)34(22)55,23-11-3-7-15(44)27(48)19(11)31(52)39(60)35(23)56)24-12-4-8-16(45)28(49)20(12)32(53)40(61)36(24)57;1-16-10-4-7-13-19(16)22(20-14-8-5-11-17(20)2)21-15-9-6-12-18(21)3/h1-8H;4-15H,1-3H3/q-1;/p+1. The highest BCUT2D eigenvalue weighted by molar-refractivity contribution is 7.80. The SMILES string of the molecule is Cc1ccccc1[PH+](c1ccccc1C)c1ccccc1C.Fc1ccc2c([B-](c3c(F)c(F)c(F)c4c(F)c(F)ccc34)(c3c(F)c(F)c(F)c4c(F)c(F)ccc34)c3c(F)c(F)c(F)c4c(F)c(F)ccc34)c(F)c(F)c(F)c2c1F. The van der Waals surface area contributed by atoms with Crippen LogP contribution in [0.5, 0.6) is 0 Å². The Labute approximate surface area is 456 Å². The van der Waals surface area contributed by atoms with Crippen LogP contribution in [0.25, 0.3) is 43.1 Å². The van der Waals surface area contributed by atoms with Crippen LogP contribution in [0.15, 0.2) is 121 Å². The lowest BCUT2D eigenvalue weighted by Gasteiger charge is -2.47. The first-order chi connectivity index (χ1) is 39.3. The Morgan fingerprint density at radius 3 is 0.639 bits per heavy atom. The van der Waals surface area contributed by atoms with E-state index in [1.54, 1.807) is 0 Å². The summed E-state index contributed by atoms with van der Waals surface area (Å²) >= 11 is 0. The summed E-state index contributed by atoms with van der Waals surface area (Å²) in [6.45, 7) is 6.70. The molecule has 0 saturated heterocycles. The van der Waals surface area contributed by atoms with E-state index in [9.17, 15) is 17.6 Å². The Hall–Kier alpha value is -8.45.